The summed E-state index contributed by atoms with van der Waals surface area (Å²) in [6.07, 6.45) is 5.16. The Bertz CT molecular complexity index is 1780. The van der Waals surface area contributed by atoms with Gasteiger partial charge in [0.15, 0.2) is 16.4 Å². The van der Waals surface area contributed by atoms with E-state index in [0.717, 1.165) is 44.2 Å². The SMILES string of the molecule is CCCCC1(CCCC)CN(c2ccccc2)c2cc(SC)c(OCC(=O)NC(C(=O)NCC(O)CC(=O)O)c3ccc(O)cc3)cc2S(=O)(=O)C1. The molecule has 0 spiro atoms. The number of aliphatic carboxylic acids is 1. The lowest BCUT2D eigenvalue weighted by Crippen LogP contribution is -2.44. The van der Waals surface area contributed by atoms with Crippen molar-refractivity contribution in [2.75, 3.05) is 36.6 Å². The summed E-state index contributed by atoms with van der Waals surface area (Å²) in [5.41, 5.74) is 1.27. The van der Waals surface area contributed by atoms with Crippen molar-refractivity contribution in [1.29, 1.82) is 0 Å². The summed E-state index contributed by atoms with van der Waals surface area (Å²) in [5.74, 6) is -2.53. The molecule has 1 heterocycles. The summed E-state index contributed by atoms with van der Waals surface area (Å²) in [5, 5.41) is 33.7. The number of rotatable bonds is 18. The number of unbranched alkanes of at least 4 members (excludes halogenated alkanes) is 2. The van der Waals surface area contributed by atoms with Gasteiger partial charge in [-0.2, -0.15) is 0 Å². The van der Waals surface area contributed by atoms with Crippen molar-refractivity contribution in [1.82, 2.24) is 10.6 Å². The molecule has 1 aliphatic rings. The van der Waals surface area contributed by atoms with Gasteiger partial charge >= 0.3 is 5.97 Å². The fourth-order valence-corrected chi connectivity index (χ4v) is 9.15. The Hall–Kier alpha value is -4.27. The number of fused-ring (bicyclic) bond motifs is 1. The number of nitrogens with zero attached hydrogens (tertiary/aromatic N) is 1. The summed E-state index contributed by atoms with van der Waals surface area (Å²) >= 11 is 1.35. The minimum Gasteiger partial charge on any atom is -0.508 e. The number of nitrogens with one attached hydrogen (secondary N) is 2. The fourth-order valence-electron chi connectivity index (χ4n) is 6.49. The number of phenolic OH excluding ortho intramolecular Hbond substituents is 1. The van der Waals surface area contributed by atoms with Crippen molar-refractivity contribution < 1.29 is 42.9 Å². The van der Waals surface area contributed by atoms with Gasteiger partial charge in [0.25, 0.3) is 5.91 Å². The quantitative estimate of drug-likeness (QED) is 0.102. The molecule has 2 amide bonds. The van der Waals surface area contributed by atoms with Gasteiger partial charge in [-0.05, 0) is 55.0 Å². The third-order valence-electron chi connectivity index (χ3n) is 9.12. The highest BCUT2D eigenvalue weighted by Crippen LogP contribution is 2.47. The molecule has 4 rings (SSSR count). The number of carbonyl (C=O) groups is 3. The Morgan fingerprint density at radius 2 is 1.65 bits per heavy atom. The van der Waals surface area contributed by atoms with Gasteiger partial charge in [0.2, 0.25) is 5.91 Å². The topological polar surface area (TPSA) is 183 Å². The van der Waals surface area contributed by atoms with Crippen molar-refractivity contribution in [2.24, 2.45) is 5.41 Å². The van der Waals surface area contributed by atoms with E-state index in [1.54, 1.807) is 0 Å². The van der Waals surface area contributed by atoms with Gasteiger partial charge in [-0.15, -0.1) is 11.8 Å². The second-order valence-electron chi connectivity index (χ2n) is 13.2. The number of thioether (sulfide) groups is 1. The molecule has 0 saturated carbocycles. The number of hydrogen-bond acceptors (Lipinski definition) is 10. The summed E-state index contributed by atoms with van der Waals surface area (Å²) in [7, 11) is -3.83. The molecule has 0 bridgehead atoms. The summed E-state index contributed by atoms with van der Waals surface area (Å²) < 4.78 is 34.8. The summed E-state index contributed by atoms with van der Waals surface area (Å²) in [6, 6.07) is 17.4. The standard InChI is InChI=1S/C38H49N3O9S2/c1-4-6-17-38(18-7-5-2)24-41(27-11-9-8-10-12-27)30-20-32(51-3)31(21-33(30)52(48,49)25-38)50-23-34(44)40-36(26-13-15-28(42)16-14-26)37(47)39-22-29(43)19-35(45)46/h8-16,20-21,29,36,42-43H,4-7,17-19,22-25H2,1-3H3,(H,39,47)(H,40,44)(H,45,46). The number of amides is 2. The number of carboxylic acids is 1. The van der Waals surface area contributed by atoms with Crippen LogP contribution in [0.3, 0.4) is 0 Å². The Morgan fingerprint density at radius 1 is 1.00 bits per heavy atom. The molecule has 0 aromatic heterocycles. The van der Waals surface area contributed by atoms with Crippen molar-refractivity contribution in [3.63, 3.8) is 0 Å². The van der Waals surface area contributed by atoms with Crippen LogP contribution in [-0.2, 0) is 24.2 Å². The molecule has 0 aliphatic carbocycles. The predicted molar refractivity (Wildman–Crippen MR) is 201 cm³/mol. The molecule has 282 valence electrons. The Labute approximate surface area is 309 Å². The van der Waals surface area contributed by atoms with E-state index in [1.807, 2.05) is 42.7 Å². The molecule has 0 radical (unpaired) electrons. The average Bonchev–Trinajstić information content (AvgIpc) is 3.21. The molecular weight excluding hydrogens is 707 g/mol. The molecule has 52 heavy (non-hydrogen) atoms. The second kappa shape index (κ2) is 18.5. The van der Waals surface area contributed by atoms with Crippen molar-refractivity contribution in [2.45, 2.75) is 80.7 Å². The number of sulfone groups is 1. The number of hydrogen-bond donors (Lipinski definition) is 5. The van der Waals surface area contributed by atoms with Gasteiger partial charge in [0, 0.05) is 30.3 Å². The zero-order valence-electron chi connectivity index (χ0n) is 29.8. The third-order valence-corrected chi connectivity index (χ3v) is 11.9. The molecule has 0 saturated heterocycles. The molecule has 5 N–H and O–H groups in total. The number of aliphatic hydroxyl groups excluding tert-OH is 1. The Morgan fingerprint density at radius 3 is 2.25 bits per heavy atom. The summed E-state index contributed by atoms with van der Waals surface area (Å²) in [4.78, 5) is 40.3. The van der Waals surface area contributed by atoms with Crippen LogP contribution in [0.1, 0.15) is 70.4 Å². The number of anilines is 2. The van der Waals surface area contributed by atoms with Crippen LogP contribution in [0.25, 0.3) is 0 Å². The third kappa shape index (κ3) is 10.6. The molecule has 14 heteroatoms. The molecule has 0 fully saturated rings. The fraction of sp³-hybridized carbons (Fsp3) is 0.447. The highest BCUT2D eigenvalue weighted by Gasteiger charge is 2.42. The monoisotopic (exact) mass is 755 g/mol. The number of ether oxygens (including phenoxy) is 1. The van der Waals surface area contributed by atoms with Crippen LogP contribution in [0, 0.1) is 5.41 Å². The first-order chi connectivity index (χ1) is 24.8. The van der Waals surface area contributed by atoms with Crippen LogP contribution < -0.4 is 20.3 Å². The van der Waals surface area contributed by atoms with E-state index in [0.29, 0.717) is 22.7 Å². The van der Waals surface area contributed by atoms with Crippen LogP contribution in [0.4, 0.5) is 11.4 Å². The largest absolute Gasteiger partial charge is 0.508 e. The van der Waals surface area contributed by atoms with Crippen LogP contribution in [0.2, 0.25) is 0 Å². The van der Waals surface area contributed by atoms with Gasteiger partial charge < -0.3 is 35.6 Å². The van der Waals surface area contributed by atoms with E-state index in [4.69, 9.17) is 9.84 Å². The van der Waals surface area contributed by atoms with E-state index in [1.165, 1.54) is 42.1 Å². The van der Waals surface area contributed by atoms with E-state index < -0.39 is 58.2 Å². The van der Waals surface area contributed by atoms with Crippen LogP contribution in [-0.4, -0.2) is 79.3 Å². The minimum absolute atomic E-state index is 0.0144. The lowest BCUT2D eigenvalue weighted by atomic mass is 9.79. The maximum Gasteiger partial charge on any atom is 0.306 e. The van der Waals surface area contributed by atoms with Gasteiger partial charge in [-0.1, -0.05) is 69.9 Å². The maximum absolute atomic E-state index is 14.4. The van der Waals surface area contributed by atoms with E-state index in [-0.39, 0.29) is 28.7 Å². The number of aromatic hydroxyl groups is 1. The molecule has 12 nitrogen and oxygen atoms in total. The number of aliphatic hydroxyl groups is 1. The highest BCUT2D eigenvalue weighted by molar-refractivity contribution is 7.98. The van der Waals surface area contributed by atoms with E-state index in [9.17, 15) is 33.0 Å². The number of phenols is 1. The second-order valence-corrected chi connectivity index (χ2v) is 16.0. The van der Waals surface area contributed by atoms with Crippen LogP contribution in [0.5, 0.6) is 11.5 Å². The van der Waals surface area contributed by atoms with Crippen LogP contribution in [0.15, 0.2) is 76.5 Å². The maximum atomic E-state index is 14.4. The van der Waals surface area contributed by atoms with Crippen molar-refractivity contribution >= 4 is 50.8 Å². The number of carbonyl (C=O) groups excluding carboxylic acids is 2. The first-order valence-corrected chi connectivity index (χ1v) is 20.3. The molecule has 2 unspecified atom stereocenters. The molecule has 2 atom stereocenters. The zero-order chi connectivity index (χ0) is 37.9. The van der Waals surface area contributed by atoms with E-state index >= 15 is 0 Å². The molecule has 1 aliphatic heterocycles. The lowest BCUT2D eigenvalue weighted by molar-refractivity contribution is -0.139. The number of para-hydroxylation sites is 1. The Kier molecular flexibility index (Phi) is 14.4. The number of carboxylic acid groups (broad SMARTS) is 1. The zero-order valence-corrected chi connectivity index (χ0v) is 31.5. The first kappa shape index (κ1) is 40.5. The van der Waals surface area contributed by atoms with Gasteiger partial charge in [0.1, 0.15) is 17.5 Å². The smallest absolute Gasteiger partial charge is 0.306 e. The van der Waals surface area contributed by atoms with Gasteiger partial charge in [0.05, 0.1) is 33.8 Å². The van der Waals surface area contributed by atoms with Gasteiger partial charge in [-0.3, -0.25) is 14.4 Å². The van der Waals surface area contributed by atoms with E-state index in [2.05, 4.69) is 29.4 Å². The average molecular weight is 756 g/mol. The highest BCUT2D eigenvalue weighted by atomic mass is 32.2. The van der Waals surface area contributed by atoms with Crippen molar-refractivity contribution in [3.8, 4) is 11.5 Å². The van der Waals surface area contributed by atoms with Crippen molar-refractivity contribution in [3.05, 3.63) is 72.3 Å². The normalized spacial score (nSPS) is 15.8. The van der Waals surface area contributed by atoms with Crippen LogP contribution >= 0.6 is 11.8 Å². The van der Waals surface area contributed by atoms with Gasteiger partial charge in [-0.25, -0.2) is 8.42 Å². The first-order valence-electron chi connectivity index (χ1n) is 17.5. The molecule has 3 aromatic carbocycles. The summed E-state index contributed by atoms with van der Waals surface area (Å²) in [6.45, 7) is 3.83. The lowest BCUT2D eigenvalue weighted by Gasteiger charge is -2.37. The molecular formula is C38H49N3O9S2. The number of benzene rings is 3. The molecule has 3 aromatic rings. The predicted octanol–water partition coefficient (Wildman–Crippen LogP) is 5.59. The minimum atomic E-state index is -3.83. The Balaban J connectivity index is 1.65.